The molecule has 0 saturated carbocycles. The monoisotopic (exact) mass is 432 g/mol. The molecule has 1 aromatic heterocycles. The number of unbranched alkanes of at least 4 members (excludes halogenated alkanes) is 1. The zero-order valence-electron chi connectivity index (χ0n) is 18.0. The molecule has 2 aromatic carbocycles. The Labute approximate surface area is 187 Å². The van der Waals surface area contributed by atoms with Crippen molar-refractivity contribution in [3.8, 4) is 11.3 Å². The molecule has 32 heavy (non-hydrogen) atoms. The Morgan fingerprint density at radius 1 is 1.00 bits per heavy atom. The highest BCUT2D eigenvalue weighted by Crippen LogP contribution is 2.30. The van der Waals surface area contributed by atoms with Gasteiger partial charge in [0.25, 0.3) is 0 Å². The van der Waals surface area contributed by atoms with Crippen molar-refractivity contribution in [2.75, 3.05) is 19.6 Å². The zero-order chi connectivity index (χ0) is 22.8. The Hall–Kier alpha value is -3.63. The average Bonchev–Trinajstić information content (AvgIpc) is 2.82. The minimum Gasteiger partial charge on any atom is -0.363 e. The smallest absolute Gasteiger partial charge is 0.123 e. The molecular formula is C26H26F2N4. The van der Waals surface area contributed by atoms with Gasteiger partial charge in [-0.1, -0.05) is 18.7 Å². The van der Waals surface area contributed by atoms with Crippen molar-refractivity contribution in [1.29, 1.82) is 0 Å². The maximum Gasteiger partial charge on any atom is 0.123 e. The first-order valence-corrected chi connectivity index (χ1v) is 10.5. The van der Waals surface area contributed by atoms with Crippen LogP contribution in [0.15, 0.2) is 78.4 Å². The number of benzene rings is 2. The van der Waals surface area contributed by atoms with Crippen LogP contribution in [-0.2, 0) is 6.42 Å². The summed E-state index contributed by atoms with van der Waals surface area (Å²) in [5.74, 6) is -0.569. The van der Waals surface area contributed by atoms with Crippen molar-refractivity contribution >= 4 is 12.4 Å². The van der Waals surface area contributed by atoms with Crippen LogP contribution in [0.4, 0.5) is 8.78 Å². The number of hydrogen-bond donors (Lipinski definition) is 0. The first kappa shape index (κ1) is 23.0. The summed E-state index contributed by atoms with van der Waals surface area (Å²) in [5, 5.41) is 0. The van der Waals surface area contributed by atoms with Gasteiger partial charge in [-0.2, -0.15) is 0 Å². The van der Waals surface area contributed by atoms with E-state index < -0.39 is 0 Å². The topological polar surface area (TPSA) is 41.4 Å². The number of aryl methyl sites for hydroxylation is 1. The second-order valence-electron chi connectivity index (χ2n) is 7.33. The van der Waals surface area contributed by atoms with Gasteiger partial charge in [0.05, 0.1) is 17.9 Å². The van der Waals surface area contributed by atoms with Gasteiger partial charge in [-0.05, 0) is 67.9 Å². The van der Waals surface area contributed by atoms with Crippen molar-refractivity contribution in [3.05, 3.63) is 96.1 Å². The quantitative estimate of drug-likeness (QED) is 0.226. The summed E-state index contributed by atoms with van der Waals surface area (Å²) >= 11 is 0. The predicted octanol–water partition coefficient (Wildman–Crippen LogP) is 5.57. The molecule has 0 unspecified atom stereocenters. The van der Waals surface area contributed by atoms with E-state index >= 15 is 0 Å². The van der Waals surface area contributed by atoms with Crippen LogP contribution in [0.1, 0.15) is 24.0 Å². The minimum absolute atomic E-state index is 0.226. The van der Waals surface area contributed by atoms with Crippen LogP contribution >= 0.6 is 0 Å². The molecule has 1 heterocycles. The van der Waals surface area contributed by atoms with Crippen molar-refractivity contribution in [1.82, 2.24) is 14.9 Å². The Bertz CT molecular complexity index is 1070. The Balaban J connectivity index is 1.79. The zero-order valence-corrected chi connectivity index (χ0v) is 18.0. The van der Waals surface area contributed by atoms with Crippen LogP contribution in [0.2, 0.25) is 0 Å². The lowest BCUT2D eigenvalue weighted by atomic mass is 10.00. The summed E-state index contributed by atoms with van der Waals surface area (Å²) in [7, 11) is 0. The van der Waals surface area contributed by atoms with Gasteiger partial charge in [0, 0.05) is 30.4 Å². The summed E-state index contributed by atoms with van der Waals surface area (Å²) in [6.45, 7) is 9.42. The predicted molar refractivity (Wildman–Crippen MR) is 125 cm³/mol. The van der Waals surface area contributed by atoms with Crippen LogP contribution in [0, 0.1) is 11.6 Å². The largest absolute Gasteiger partial charge is 0.363 e. The molecule has 0 N–H and O–H groups in total. The number of aliphatic imine (C=N–C) groups is 1. The summed E-state index contributed by atoms with van der Waals surface area (Å²) in [5.41, 5.74) is 6.99. The van der Waals surface area contributed by atoms with E-state index in [-0.39, 0.29) is 11.6 Å². The summed E-state index contributed by atoms with van der Waals surface area (Å²) < 4.78 is 27.2. The van der Waals surface area contributed by atoms with E-state index in [1.165, 1.54) is 30.6 Å². The molecule has 0 radical (unpaired) electrons. The van der Waals surface area contributed by atoms with Gasteiger partial charge in [0.2, 0.25) is 0 Å². The van der Waals surface area contributed by atoms with Crippen molar-refractivity contribution in [3.63, 3.8) is 0 Å². The standard InChI is InChI=1S/C26H26F2N4/c1-3-26(23-12-11-22(28)18-24(23)25-13-14-30-19-31-25)32(17-15-29-2)16-5-4-6-20-7-9-21(27)10-8-20/h7-14,18-19H,1-2,4-6,15-17H2. The summed E-state index contributed by atoms with van der Waals surface area (Å²) in [6, 6.07) is 13.0. The third kappa shape index (κ3) is 6.19. The number of hydrogen-bond acceptors (Lipinski definition) is 4. The SMILES string of the molecule is C=C=C(c1ccc(F)cc1-c1ccncn1)N(CCCCc1ccc(F)cc1)CCN=C. The van der Waals surface area contributed by atoms with E-state index in [2.05, 4.69) is 38.9 Å². The Morgan fingerprint density at radius 2 is 1.78 bits per heavy atom. The molecular weight excluding hydrogens is 406 g/mol. The van der Waals surface area contributed by atoms with Crippen molar-refractivity contribution < 1.29 is 8.78 Å². The molecule has 0 atom stereocenters. The molecule has 4 nitrogen and oxygen atoms in total. The van der Waals surface area contributed by atoms with Crippen LogP contribution < -0.4 is 0 Å². The third-order valence-corrected chi connectivity index (χ3v) is 5.16. The molecule has 0 fully saturated rings. The Kier molecular flexibility index (Phi) is 8.41. The molecule has 0 aliphatic heterocycles. The average molecular weight is 433 g/mol. The fourth-order valence-electron chi connectivity index (χ4n) is 3.57. The first-order chi connectivity index (χ1) is 15.6. The molecule has 0 saturated heterocycles. The first-order valence-electron chi connectivity index (χ1n) is 10.5. The molecule has 0 aliphatic carbocycles. The summed E-state index contributed by atoms with van der Waals surface area (Å²) in [4.78, 5) is 14.4. The lowest BCUT2D eigenvalue weighted by Gasteiger charge is -2.27. The van der Waals surface area contributed by atoms with Crippen LogP contribution in [0.3, 0.4) is 0 Å². The van der Waals surface area contributed by atoms with Crippen molar-refractivity contribution in [2.24, 2.45) is 4.99 Å². The van der Waals surface area contributed by atoms with E-state index in [9.17, 15) is 8.78 Å². The van der Waals surface area contributed by atoms with Crippen LogP contribution in [0.5, 0.6) is 0 Å². The molecule has 0 bridgehead atoms. The van der Waals surface area contributed by atoms with Gasteiger partial charge < -0.3 is 4.90 Å². The number of rotatable bonds is 11. The third-order valence-electron chi connectivity index (χ3n) is 5.16. The maximum atomic E-state index is 14.1. The highest BCUT2D eigenvalue weighted by molar-refractivity contribution is 5.78. The lowest BCUT2D eigenvalue weighted by Crippen LogP contribution is -2.26. The van der Waals surface area contributed by atoms with E-state index in [0.717, 1.165) is 42.6 Å². The highest BCUT2D eigenvalue weighted by Gasteiger charge is 2.17. The van der Waals surface area contributed by atoms with E-state index in [1.54, 1.807) is 18.3 Å². The highest BCUT2D eigenvalue weighted by atomic mass is 19.1. The van der Waals surface area contributed by atoms with Gasteiger partial charge in [0.1, 0.15) is 18.0 Å². The normalized spacial score (nSPS) is 10.4. The molecule has 0 aliphatic rings. The molecule has 0 amide bonds. The number of aromatic nitrogens is 2. The van der Waals surface area contributed by atoms with Gasteiger partial charge >= 0.3 is 0 Å². The van der Waals surface area contributed by atoms with Crippen molar-refractivity contribution in [2.45, 2.75) is 19.3 Å². The van der Waals surface area contributed by atoms with Gasteiger partial charge in [0.15, 0.2) is 0 Å². The summed E-state index contributed by atoms with van der Waals surface area (Å²) in [6.07, 6.45) is 5.78. The van der Waals surface area contributed by atoms with Crippen LogP contribution in [-0.4, -0.2) is 41.2 Å². The molecule has 6 heteroatoms. The second-order valence-corrected chi connectivity index (χ2v) is 7.33. The fraction of sp³-hybridized carbons (Fsp3) is 0.231. The second kappa shape index (κ2) is 11.7. The van der Waals surface area contributed by atoms with Gasteiger partial charge in [-0.25, -0.2) is 18.7 Å². The molecule has 164 valence electrons. The van der Waals surface area contributed by atoms with Gasteiger partial charge in [-0.3, -0.25) is 4.99 Å². The fourth-order valence-corrected chi connectivity index (χ4v) is 3.57. The molecule has 3 aromatic rings. The minimum atomic E-state index is -0.343. The molecule has 0 spiro atoms. The van der Waals surface area contributed by atoms with Crippen LogP contribution in [0.25, 0.3) is 17.0 Å². The molecule has 3 rings (SSSR count). The van der Waals surface area contributed by atoms with E-state index in [4.69, 9.17) is 0 Å². The van der Waals surface area contributed by atoms with Gasteiger partial charge in [-0.15, -0.1) is 5.73 Å². The Morgan fingerprint density at radius 3 is 2.47 bits per heavy atom. The van der Waals surface area contributed by atoms with E-state index in [0.29, 0.717) is 24.3 Å². The maximum absolute atomic E-state index is 14.1. The van der Waals surface area contributed by atoms with E-state index in [1.807, 2.05) is 12.1 Å². The number of nitrogens with zero attached hydrogens (tertiary/aromatic N) is 4. The lowest BCUT2D eigenvalue weighted by molar-refractivity contribution is 0.394. The number of halogens is 2.